The first kappa shape index (κ1) is 13.9. The summed E-state index contributed by atoms with van der Waals surface area (Å²) in [6.07, 6.45) is 0. The van der Waals surface area contributed by atoms with Gasteiger partial charge >= 0.3 is 5.88 Å². The summed E-state index contributed by atoms with van der Waals surface area (Å²) in [5.74, 6) is -0.209. The minimum Gasteiger partial charge on any atom is -0.491 e. The van der Waals surface area contributed by atoms with Crippen molar-refractivity contribution in [3.8, 4) is 5.75 Å². The van der Waals surface area contributed by atoms with Crippen molar-refractivity contribution < 1.29 is 18.5 Å². The van der Waals surface area contributed by atoms with Gasteiger partial charge in [-0.3, -0.25) is 10.1 Å². The lowest BCUT2D eigenvalue weighted by atomic mass is 10.3. The monoisotopic (exact) mass is 280 g/mol. The number of rotatable bonds is 6. The molecule has 0 radical (unpaired) electrons. The van der Waals surface area contributed by atoms with E-state index < -0.39 is 10.7 Å². The van der Waals surface area contributed by atoms with Crippen molar-refractivity contribution in [1.29, 1.82) is 0 Å². The second-order valence-electron chi connectivity index (χ2n) is 3.93. The molecule has 0 aliphatic rings. The third-order valence-corrected chi connectivity index (χ3v) is 2.53. The highest BCUT2D eigenvalue weighted by Crippen LogP contribution is 2.22. The summed E-state index contributed by atoms with van der Waals surface area (Å²) >= 11 is 0. The van der Waals surface area contributed by atoms with Crippen LogP contribution in [-0.2, 0) is 6.54 Å². The van der Waals surface area contributed by atoms with Crippen molar-refractivity contribution in [1.82, 2.24) is 0 Å². The summed E-state index contributed by atoms with van der Waals surface area (Å²) in [5.41, 5.74) is 0.532. The predicted octanol–water partition coefficient (Wildman–Crippen LogP) is 3.34. The van der Waals surface area contributed by atoms with E-state index in [-0.39, 0.29) is 18.2 Å². The van der Waals surface area contributed by atoms with Crippen molar-refractivity contribution in [3.63, 3.8) is 0 Å². The number of nitrogens with one attached hydrogen (secondary N) is 1. The molecular weight excluding hydrogens is 267 g/mol. The number of ether oxygens (including phenoxy) is 1. The van der Waals surface area contributed by atoms with Crippen molar-refractivity contribution in [2.45, 2.75) is 13.5 Å². The molecule has 1 N–H and O–H groups in total. The molecule has 106 valence electrons. The average Bonchev–Trinajstić information content (AvgIpc) is 2.88. The van der Waals surface area contributed by atoms with Gasteiger partial charge in [0.15, 0.2) is 11.6 Å². The summed E-state index contributed by atoms with van der Waals surface area (Å²) in [6.45, 7) is 2.39. The van der Waals surface area contributed by atoms with Crippen LogP contribution in [0.15, 0.2) is 34.7 Å². The predicted molar refractivity (Wildman–Crippen MR) is 70.3 cm³/mol. The first-order valence-electron chi connectivity index (χ1n) is 5.99. The maximum atomic E-state index is 13.6. The first-order chi connectivity index (χ1) is 9.60. The van der Waals surface area contributed by atoms with E-state index in [1.165, 1.54) is 24.3 Å². The number of furan rings is 1. The van der Waals surface area contributed by atoms with Crippen molar-refractivity contribution in [3.05, 3.63) is 52.0 Å². The zero-order valence-electron chi connectivity index (χ0n) is 10.8. The largest absolute Gasteiger partial charge is 0.491 e. The van der Waals surface area contributed by atoms with Gasteiger partial charge in [-0.15, -0.1) is 0 Å². The lowest BCUT2D eigenvalue weighted by Crippen LogP contribution is -2.00. The van der Waals surface area contributed by atoms with Crippen LogP contribution in [0.5, 0.6) is 5.75 Å². The van der Waals surface area contributed by atoms with E-state index in [0.717, 1.165) is 0 Å². The Morgan fingerprint density at radius 2 is 2.20 bits per heavy atom. The van der Waals surface area contributed by atoms with Crippen LogP contribution in [0.1, 0.15) is 12.7 Å². The smallest absolute Gasteiger partial charge is 0.433 e. The lowest BCUT2D eigenvalue weighted by molar-refractivity contribution is -0.402. The van der Waals surface area contributed by atoms with E-state index in [1.54, 1.807) is 13.0 Å². The van der Waals surface area contributed by atoms with Gasteiger partial charge in [-0.2, -0.15) is 0 Å². The van der Waals surface area contributed by atoms with Crippen LogP contribution in [0.2, 0.25) is 0 Å². The van der Waals surface area contributed by atoms with E-state index in [1.807, 2.05) is 0 Å². The van der Waals surface area contributed by atoms with E-state index in [4.69, 9.17) is 9.15 Å². The SMILES string of the molecule is CCOc1ccc(NCc2ccc([N+](=O)[O-])o2)cc1F. The Morgan fingerprint density at radius 3 is 2.80 bits per heavy atom. The molecule has 0 spiro atoms. The van der Waals surface area contributed by atoms with Gasteiger partial charge in [-0.05, 0) is 25.1 Å². The lowest BCUT2D eigenvalue weighted by Gasteiger charge is -2.08. The molecule has 2 rings (SSSR count). The van der Waals surface area contributed by atoms with Gasteiger partial charge in [0, 0.05) is 11.8 Å². The van der Waals surface area contributed by atoms with Gasteiger partial charge in [-0.1, -0.05) is 0 Å². The fraction of sp³-hybridized carbons (Fsp3) is 0.231. The highest BCUT2D eigenvalue weighted by Gasteiger charge is 2.11. The molecule has 0 aliphatic heterocycles. The molecule has 0 amide bonds. The van der Waals surface area contributed by atoms with Gasteiger partial charge < -0.3 is 14.5 Å². The van der Waals surface area contributed by atoms with Crippen LogP contribution in [0.25, 0.3) is 0 Å². The highest BCUT2D eigenvalue weighted by molar-refractivity contribution is 5.47. The highest BCUT2D eigenvalue weighted by atomic mass is 19.1. The molecule has 0 atom stereocenters. The molecule has 0 saturated heterocycles. The zero-order chi connectivity index (χ0) is 14.5. The summed E-state index contributed by atoms with van der Waals surface area (Å²) in [5, 5.41) is 13.4. The maximum absolute atomic E-state index is 13.6. The van der Waals surface area contributed by atoms with Crippen molar-refractivity contribution in [2.75, 3.05) is 11.9 Å². The number of halogens is 1. The number of benzene rings is 1. The molecule has 1 heterocycles. The van der Waals surface area contributed by atoms with Crippen LogP contribution in [0.4, 0.5) is 16.0 Å². The quantitative estimate of drug-likeness (QED) is 0.648. The van der Waals surface area contributed by atoms with Crippen LogP contribution in [0, 0.1) is 15.9 Å². The van der Waals surface area contributed by atoms with Crippen LogP contribution in [-0.4, -0.2) is 11.5 Å². The first-order valence-corrected chi connectivity index (χ1v) is 5.99. The number of hydrogen-bond acceptors (Lipinski definition) is 5. The molecule has 6 nitrogen and oxygen atoms in total. The normalized spacial score (nSPS) is 10.3. The van der Waals surface area contributed by atoms with Crippen molar-refractivity contribution in [2.24, 2.45) is 0 Å². The Labute approximate surface area is 114 Å². The van der Waals surface area contributed by atoms with Crippen LogP contribution in [0.3, 0.4) is 0 Å². The number of nitrogens with zero attached hydrogens (tertiary/aromatic N) is 1. The molecule has 2 aromatic rings. The minimum absolute atomic E-state index is 0.187. The van der Waals surface area contributed by atoms with E-state index in [2.05, 4.69) is 5.32 Å². The molecule has 0 bridgehead atoms. The molecule has 1 aromatic carbocycles. The Morgan fingerprint density at radius 1 is 1.40 bits per heavy atom. The second kappa shape index (κ2) is 6.05. The topological polar surface area (TPSA) is 77.5 Å². The van der Waals surface area contributed by atoms with Gasteiger partial charge in [0.2, 0.25) is 0 Å². The number of hydrogen-bond donors (Lipinski definition) is 1. The second-order valence-corrected chi connectivity index (χ2v) is 3.93. The standard InChI is InChI=1S/C13H13FN2O4/c1-2-19-12-5-3-9(7-11(12)14)15-8-10-4-6-13(20-10)16(17)18/h3-7,15H,2,8H2,1H3. The maximum Gasteiger partial charge on any atom is 0.433 e. The summed E-state index contributed by atoms with van der Waals surface area (Å²) in [4.78, 5) is 9.85. The summed E-state index contributed by atoms with van der Waals surface area (Å²) in [7, 11) is 0. The van der Waals surface area contributed by atoms with Gasteiger partial charge in [0.25, 0.3) is 0 Å². The Hall–Kier alpha value is -2.57. The Balaban J connectivity index is 1.99. The molecular formula is C13H13FN2O4. The minimum atomic E-state index is -0.611. The number of anilines is 1. The van der Waals surface area contributed by atoms with Crippen molar-refractivity contribution >= 4 is 11.6 Å². The summed E-state index contributed by atoms with van der Waals surface area (Å²) < 4.78 is 23.7. The van der Waals surface area contributed by atoms with Crippen LogP contribution >= 0.6 is 0 Å². The Bertz CT molecular complexity index is 612. The fourth-order valence-corrected chi connectivity index (χ4v) is 1.63. The van der Waals surface area contributed by atoms with E-state index in [9.17, 15) is 14.5 Å². The fourth-order valence-electron chi connectivity index (χ4n) is 1.63. The van der Waals surface area contributed by atoms with Crippen LogP contribution < -0.4 is 10.1 Å². The third kappa shape index (κ3) is 3.25. The molecule has 0 fully saturated rings. The zero-order valence-corrected chi connectivity index (χ0v) is 10.8. The van der Waals surface area contributed by atoms with Gasteiger partial charge in [0.1, 0.15) is 10.7 Å². The van der Waals surface area contributed by atoms with Gasteiger partial charge in [-0.25, -0.2) is 4.39 Å². The summed E-state index contributed by atoms with van der Waals surface area (Å²) in [6, 6.07) is 7.24. The molecule has 0 aliphatic carbocycles. The third-order valence-electron chi connectivity index (χ3n) is 2.53. The molecule has 7 heteroatoms. The molecule has 20 heavy (non-hydrogen) atoms. The van der Waals surface area contributed by atoms with Gasteiger partial charge in [0.05, 0.1) is 19.2 Å². The average molecular weight is 280 g/mol. The van der Waals surface area contributed by atoms with E-state index in [0.29, 0.717) is 18.1 Å². The van der Waals surface area contributed by atoms with E-state index >= 15 is 0 Å². The Kier molecular flexibility index (Phi) is 4.19. The molecule has 0 saturated carbocycles. The molecule has 0 unspecified atom stereocenters. The molecule has 1 aromatic heterocycles. The number of nitro groups is 1.